The molecule has 1 N–H and O–H groups in total. The van der Waals surface area contributed by atoms with Crippen molar-refractivity contribution in [3.63, 3.8) is 0 Å². The third-order valence-electron chi connectivity index (χ3n) is 8.88. The van der Waals surface area contributed by atoms with E-state index in [2.05, 4.69) is 79.9 Å². The van der Waals surface area contributed by atoms with Crippen LogP contribution in [0.25, 0.3) is 0 Å². The number of esters is 1. The van der Waals surface area contributed by atoms with Crippen LogP contribution >= 0.6 is 0 Å². The molecule has 1 aromatic carbocycles. The highest BCUT2D eigenvalue weighted by molar-refractivity contribution is 6.74. The van der Waals surface area contributed by atoms with E-state index >= 15 is 0 Å². The molecule has 40 heavy (non-hydrogen) atoms. The highest BCUT2D eigenvalue weighted by Crippen LogP contribution is 2.41. The molecule has 0 unspecified atom stereocenters. The van der Waals surface area contributed by atoms with E-state index in [-0.39, 0.29) is 28.9 Å². The average Bonchev–Trinajstić information content (AvgIpc) is 2.80. The maximum atomic E-state index is 12.7. The third kappa shape index (κ3) is 11.3. The lowest BCUT2D eigenvalue weighted by Gasteiger charge is -2.43. The minimum atomic E-state index is -2.18. The van der Waals surface area contributed by atoms with Gasteiger partial charge in [-0.2, -0.15) is 0 Å². The fourth-order valence-electron chi connectivity index (χ4n) is 3.87. The highest BCUT2D eigenvalue weighted by atomic mass is 28.4. The molecule has 0 aliphatic heterocycles. The maximum Gasteiger partial charge on any atom is 0.314 e. The van der Waals surface area contributed by atoms with Crippen LogP contribution in [-0.2, 0) is 29.7 Å². The lowest BCUT2D eigenvalue weighted by molar-refractivity contribution is -0.161. The molecule has 1 rings (SSSR count). The van der Waals surface area contributed by atoms with Crippen molar-refractivity contribution in [3.8, 4) is 0 Å². The molecule has 3 atom stereocenters. The lowest BCUT2D eigenvalue weighted by Crippen LogP contribution is -2.49. The lowest BCUT2D eigenvalue weighted by atomic mass is 9.83. The average molecular weight is 597 g/mol. The Kier molecular flexibility index (Phi) is 13.8. The molecule has 6 nitrogen and oxygen atoms in total. The summed E-state index contributed by atoms with van der Waals surface area (Å²) in [6.07, 6.45) is 0.417. The molecule has 0 amide bonds. The topological polar surface area (TPSA) is 74.2 Å². The third-order valence-corrected chi connectivity index (χ3v) is 17.9. The second kappa shape index (κ2) is 14.9. The first kappa shape index (κ1) is 37.0. The predicted molar refractivity (Wildman–Crippen MR) is 171 cm³/mol. The molecule has 0 bridgehead atoms. The van der Waals surface area contributed by atoms with Crippen molar-refractivity contribution in [2.75, 3.05) is 13.2 Å². The van der Waals surface area contributed by atoms with E-state index in [1.807, 2.05) is 18.2 Å². The summed E-state index contributed by atoms with van der Waals surface area (Å²) in [4.78, 5) is 12.7. The first-order chi connectivity index (χ1) is 18.1. The SMILES string of the molecule is CCOC(=O)C(C)(C)[C@@H](O)C[C@@H](C[C@H](CCOCc1ccccc1)O[Si](C)(C)C(C)(C)C)O[Si](C)(C)C(C)(C)C. The molecule has 0 fully saturated rings. The Labute approximate surface area is 247 Å². The van der Waals surface area contributed by atoms with Gasteiger partial charge in [0.15, 0.2) is 16.6 Å². The fourth-order valence-corrected chi connectivity index (χ4v) is 6.65. The van der Waals surface area contributed by atoms with Crippen LogP contribution in [0.4, 0.5) is 0 Å². The van der Waals surface area contributed by atoms with Crippen LogP contribution in [0.3, 0.4) is 0 Å². The summed E-state index contributed by atoms with van der Waals surface area (Å²) in [5, 5.41) is 11.4. The molecular formula is C32H60O6Si2. The van der Waals surface area contributed by atoms with Gasteiger partial charge >= 0.3 is 5.97 Å². The molecule has 232 valence electrons. The number of rotatable bonds is 16. The number of benzene rings is 1. The van der Waals surface area contributed by atoms with Crippen LogP contribution < -0.4 is 0 Å². The standard InChI is InChI=1S/C32H60O6Si2/c1-14-36-29(34)32(8,9)28(33)23-27(38-40(12,13)31(5,6)7)22-26(37-39(10,11)30(2,3)4)20-21-35-24-25-18-16-15-17-19-25/h15-19,26-28,33H,14,20-24H2,1-13H3/t26-,27+,28-/m0/s1. The minimum Gasteiger partial charge on any atom is -0.466 e. The van der Waals surface area contributed by atoms with Crippen LogP contribution in [0.1, 0.15) is 87.1 Å². The number of carbonyl (C=O) groups is 1. The normalized spacial score (nSPS) is 15.9. The monoisotopic (exact) mass is 596 g/mol. The zero-order valence-corrected chi connectivity index (χ0v) is 29.8. The summed E-state index contributed by atoms with van der Waals surface area (Å²) in [6, 6.07) is 10.2. The van der Waals surface area contributed by atoms with E-state index in [1.54, 1.807) is 20.8 Å². The van der Waals surface area contributed by atoms with E-state index < -0.39 is 34.1 Å². The van der Waals surface area contributed by atoms with Crippen molar-refractivity contribution in [1.82, 2.24) is 0 Å². The zero-order valence-electron chi connectivity index (χ0n) is 27.8. The van der Waals surface area contributed by atoms with E-state index in [4.69, 9.17) is 18.3 Å². The van der Waals surface area contributed by atoms with Gasteiger partial charge in [0.05, 0.1) is 24.7 Å². The van der Waals surface area contributed by atoms with Gasteiger partial charge < -0.3 is 23.4 Å². The Morgan fingerprint density at radius 3 is 1.80 bits per heavy atom. The molecule has 0 radical (unpaired) electrons. The Balaban J connectivity index is 3.22. The molecule has 0 spiro atoms. The van der Waals surface area contributed by atoms with Crippen molar-refractivity contribution >= 4 is 22.6 Å². The number of aliphatic hydroxyl groups is 1. The van der Waals surface area contributed by atoms with Crippen molar-refractivity contribution in [1.29, 1.82) is 0 Å². The maximum absolute atomic E-state index is 12.7. The quantitative estimate of drug-likeness (QED) is 0.118. The molecular weight excluding hydrogens is 537 g/mol. The van der Waals surface area contributed by atoms with Gasteiger partial charge in [0.1, 0.15) is 0 Å². The van der Waals surface area contributed by atoms with Crippen molar-refractivity contribution in [2.45, 2.75) is 143 Å². The Morgan fingerprint density at radius 1 is 0.825 bits per heavy atom. The number of aliphatic hydroxyl groups excluding tert-OH is 1. The predicted octanol–water partition coefficient (Wildman–Crippen LogP) is 8.10. The van der Waals surface area contributed by atoms with E-state index in [1.165, 1.54) is 0 Å². The summed E-state index contributed by atoms with van der Waals surface area (Å²) >= 11 is 0. The van der Waals surface area contributed by atoms with Gasteiger partial charge in [0.25, 0.3) is 0 Å². The molecule has 0 heterocycles. The van der Waals surface area contributed by atoms with E-state index in [0.29, 0.717) is 26.1 Å². The summed E-state index contributed by atoms with van der Waals surface area (Å²) in [5.74, 6) is -0.392. The largest absolute Gasteiger partial charge is 0.466 e. The first-order valence-electron chi connectivity index (χ1n) is 15.0. The highest BCUT2D eigenvalue weighted by Gasteiger charge is 2.44. The van der Waals surface area contributed by atoms with Crippen molar-refractivity contribution in [3.05, 3.63) is 35.9 Å². The van der Waals surface area contributed by atoms with Gasteiger partial charge in [0.2, 0.25) is 0 Å². The van der Waals surface area contributed by atoms with Crippen LogP contribution in [0.2, 0.25) is 36.3 Å². The number of hydrogen-bond acceptors (Lipinski definition) is 6. The second-order valence-electron chi connectivity index (χ2n) is 14.8. The smallest absolute Gasteiger partial charge is 0.314 e. The van der Waals surface area contributed by atoms with Crippen LogP contribution in [0.5, 0.6) is 0 Å². The summed E-state index contributed by atoms with van der Waals surface area (Å²) in [6.45, 7) is 29.1. The first-order valence-corrected chi connectivity index (χ1v) is 20.8. The number of ether oxygens (including phenoxy) is 2. The van der Waals surface area contributed by atoms with Gasteiger partial charge in [-0.05, 0) is 81.9 Å². The molecule has 0 aliphatic carbocycles. The second-order valence-corrected chi connectivity index (χ2v) is 24.3. The summed E-state index contributed by atoms with van der Waals surface area (Å²) in [5.41, 5.74) is 0.104. The van der Waals surface area contributed by atoms with Crippen molar-refractivity contribution < 1.29 is 28.2 Å². The fraction of sp³-hybridized carbons (Fsp3) is 0.781. The molecule has 0 saturated carbocycles. The summed E-state index contributed by atoms with van der Waals surface area (Å²) in [7, 11) is -4.28. The molecule has 8 heteroatoms. The van der Waals surface area contributed by atoms with Gasteiger partial charge in [-0.1, -0.05) is 71.9 Å². The van der Waals surface area contributed by atoms with Crippen LogP contribution in [0, 0.1) is 5.41 Å². The minimum absolute atomic E-state index is 0.00143. The summed E-state index contributed by atoms with van der Waals surface area (Å²) < 4.78 is 25.3. The number of hydrogen-bond donors (Lipinski definition) is 1. The van der Waals surface area contributed by atoms with Gasteiger partial charge in [-0.25, -0.2) is 0 Å². The Morgan fingerprint density at radius 2 is 1.32 bits per heavy atom. The Bertz CT molecular complexity index is 887. The Hall–Kier alpha value is -1.04. The molecule has 1 aromatic rings. The van der Waals surface area contributed by atoms with Crippen molar-refractivity contribution in [2.24, 2.45) is 5.41 Å². The molecule has 0 aliphatic rings. The van der Waals surface area contributed by atoms with E-state index in [9.17, 15) is 9.90 Å². The van der Waals surface area contributed by atoms with E-state index in [0.717, 1.165) is 12.0 Å². The van der Waals surface area contributed by atoms with Gasteiger partial charge in [-0.3, -0.25) is 4.79 Å². The van der Waals surface area contributed by atoms with Gasteiger partial charge in [-0.15, -0.1) is 0 Å². The molecule has 0 saturated heterocycles. The number of carbonyl (C=O) groups excluding carboxylic acids is 1. The molecule has 0 aromatic heterocycles. The van der Waals surface area contributed by atoms with Crippen LogP contribution in [0.15, 0.2) is 30.3 Å². The zero-order chi connectivity index (χ0) is 31.0. The van der Waals surface area contributed by atoms with Crippen LogP contribution in [-0.4, -0.2) is 59.2 Å². The van der Waals surface area contributed by atoms with Gasteiger partial charge in [0, 0.05) is 18.8 Å².